The molecule has 1 heterocycles. The first-order chi connectivity index (χ1) is 19.3. The number of anilines is 2. The van der Waals surface area contributed by atoms with Crippen LogP contribution in [0.25, 0.3) is 10.8 Å². The van der Waals surface area contributed by atoms with Gasteiger partial charge in [0.2, 0.25) is 0 Å². The zero-order chi connectivity index (χ0) is 30.4. The highest BCUT2D eigenvalue weighted by molar-refractivity contribution is 7.88. The molecule has 0 aliphatic heterocycles. The summed E-state index contributed by atoms with van der Waals surface area (Å²) >= 11 is 0. The van der Waals surface area contributed by atoms with E-state index < -0.39 is 46.5 Å². The molecule has 3 aromatic rings. The molecule has 0 bridgehead atoms. The Labute approximate surface area is 240 Å². The number of nitrogens with one attached hydrogen (secondary N) is 2. The molecule has 0 spiro atoms. The predicted molar refractivity (Wildman–Crippen MR) is 157 cm³/mol. The van der Waals surface area contributed by atoms with Crippen LogP contribution < -0.4 is 10.6 Å². The van der Waals surface area contributed by atoms with Gasteiger partial charge in [-0.1, -0.05) is 44.2 Å². The molecule has 0 amide bonds. The maximum absolute atomic E-state index is 12.3. The molecule has 0 aliphatic rings. The van der Waals surface area contributed by atoms with Crippen molar-refractivity contribution in [3.05, 3.63) is 53.4 Å². The van der Waals surface area contributed by atoms with Gasteiger partial charge in [0.15, 0.2) is 5.82 Å². The zero-order valence-electron chi connectivity index (χ0n) is 22.2. The van der Waals surface area contributed by atoms with Crippen molar-refractivity contribution < 1.29 is 30.1 Å². The molecule has 16 heteroatoms. The van der Waals surface area contributed by atoms with Gasteiger partial charge in [0.05, 0.1) is 5.56 Å². The van der Waals surface area contributed by atoms with Crippen molar-refractivity contribution in [1.29, 1.82) is 5.26 Å². The van der Waals surface area contributed by atoms with Gasteiger partial charge < -0.3 is 10.6 Å². The van der Waals surface area contributed by atoms with E-state index in [0.29, 0.717) is 18.2 Å². The van der Waals surface area contributed by atoms with Crippen LogP contribution in [0.1, 0.15) is 30.9 Å². The van der Waals surface area contributed by atoms with Gasteiger partial charge >= 0.3 is 0 Å². The van der Waals surface area contributed by atoms with Crippen LogP contribution in [0.4, 0.5) is 23.0 Å². The summed E-state index contributed by atoms with van der Waals surface area (Å²) in [4.78, 5) is 2.83. The van der Waals surface area contributed by atoms with E-state index in [2.05, 4.69) is 38.5 Å². The topological polar surface area (TPSA) is 211 Å². The van der Waals surface area contributed by atoms with Gasteiger partial charge in [0, 0.05) is 46.0 Å². The molecular weight excluding hydrogens is 593 g/mol. The van der Waals surface area contributed by atoms with Gasteiger partial charge in [-0.15, -0.1) is 10.2 Å². The average molecular weight is 621 g/mol. The van der Waals surface area contributed by atoms with E-state index in [4.69, 9.17) is 0 Å². The highest BCUT2D eigenvalue weighted by Crippen LogP contribution is 2.40. The molecule has 41 heavy (non-hydrogen) atoms. The Balaban J connectivity index is 2.28. The van der Waals surface area contributed by atoms with E-state index in [1.165, 1.54) is 29.7 Å². The molecule has 0 saturated heterocycles. The minimum atomic E-state index is -5.06. The minimum absolute atomic E-state index is 0.0427. The first kappa shape index (κ1) is 31.8. The van der Waals surface area contributed by atoms with Crippen molar-refractivity contribution in [3.63, 3.8) is 0 Å². The van der Waals surface area contributed by atoms with E-state index >= 15 is 0 Å². The Bertz CT molecular complexity index is 1800. The second kappa shape index (κ2) is 13.3. The molecule has 4 N–H and O–H groups in total. The second-order valence-corrected chi connectivity index (χ2v) is 12.9. The molecule has 13 nitrogen and oxygen atoms in total. The molecule has 0 aliphatic carbocycles. The third kappa shape index (κ3) is 7.51. The Morgan fingerprint density at radius 1 is 1.02 bits per heavy atom. The van der Waals surface area contributed by atoms with Gasteiger partial charge in [-0.05, 0) is 24.8 Å². The summed E-state index contributed by atoms with van der Waals surface area (Å²) in [7, 11) is -11.3. The molecular formula is C25H28N6O7S3. The third-order valence-corrected chi connectivity index (χ3v) is 8.62. The summed E-state index contributed by atoms with van der Waals surface area (Å²) in [5.41, 5.74) is 0.148. The first-order valence-corrected chi connectivity index (χ1v) is 16.4. The average Bonchev–Trinajstić information content (AvgIpc) is 2.91. The molecule has 1 atom stereocenters. The van der Waals surface area contributed by atoms with Crippen molar-refractivity contribution in [2.45, 2.75) is 36.5 Å². The van der Waals surface area contributed by atoms with Crippen LogP contribution in [-0.4, -0.2) is 54.0 Å². The zero-order valence-corrected chi connectivity index (χ0v) is 24.6. The van der Waals surface area contributed by atoms with Crippen LogP contribution in [0.2, 0.25) is 0 Å². The van der Waals surface area contributed by atoms with Crippen LogP contribution >= 0.6 is 0 Å². The number of benzene rings is 2. The van der Waals surface area contributed by atoms with Crippen LogP contribution in [-0.2, 0) is 31.0 Å². The number of nitrogens with zero attached hydrogens (tertiary/aromatic N) is 4. The van der Waals surface area contributed by atoms with Gasteiger partial charge in [-0.3, -0.25) is 13.3 Å². The highest BCUT2D eigenvalue weighted by atomic mass is 32.2. The molecule has 3 rings (SSSR count). The van der Waals surface area contributed by atoms with E-state index in [1.54, 1.807) is 6.92 Å². The van der Waals surface area contributed by atoms with Gasteiger partial charge in [-0.2, -0.15) is 22.1 Å². The van der Waals surface area contributed by atoms with E-state index in [1.807, 2.05) is 6.92 Å². The molecule has 1 aromatic heterocycles. The molecule has 2 aromatic carbocycles. The molecule has 218 valence electrons. The van der Waals surface area contributed by atoms with Crippen molar-refractivity contribution in [3.8, 4) is 6.07 Å². The number of fused-ring (bicyclic) bond motifs is 1. The lowest BCUT2D eigenvalue weighted by Gasteiger charge is -2.16. The number of hydrogen-bond donors (Lipinski definition) is 4. The Hall–Kier alpha value is -3.75. The molecule has 1 unspecified atom stereocenters. The van der Waals surface area contributed by atoms with E-state index in [-0.39, 0.29) is 46.0 Å². The second-order valence-electron chi connectivity index (χ2n) is 8.65. The largest absolute Gasteiger partial charge is 0.369 e. The van der Waals surface area contributed by atoms with Crippen molar-refractivity contribution in [2.75, 3.05) is 29.5 Å². The number of rotatable bonds is 13. The summed E-state index contributed by atoms with van der Waals surface area (Å²) in [6.45, 7) is 7.81. The lowest BCUT2D eigenvalue weighted by atomic mass is 10.1. The van der Waals surface area contributed by atoms with Gasteiger partial charge in [0.1, 0.15) is 33.1 Å². The quantitative estimate of drug-likeness (QED) is 0.115. The summed E-state index contributed by atoms with van der Waals surface area (Å²) < 4.78 is 80.1. The third-order valence-electron chi connectivity index (χ3n) is 5.88. The van der Waals surface area contributed by atoms with Crippen LogP contribution in [0, 0.1) is 18.3 Å². The molecule has 0 radical (unpaired) electrons. The standard InChI is InChI=1S/C25H28N6O7S3/c1-4-6-11-27-24-19(15-26)16(3)22(25(29-24)28-12-13-39(32)5-2)30-31-23-18-10-8-7-9-17(18)20(40(33,34)35)14-21(23)41(36,37)38/h5,7-10,14H,2,4,6,11-13H2,1,3H3,(H2,27,28,29)(H,33,34,35)(H,36,37,38). The normalized spacial score (nSPS) is 12.8. The van der Waals surface area contributed by atoms with Gasteiger partial charge in [-0.25, -0.2) is 4.98 Å². The van der Waals surface area contributed by atoms with Crippen LogP contribution in [0.3, 0.4) is 0 Å². The number of nitriles is 1. The van der Waals surface area contributed by atoms with Gasteiger partial charge in [0.25, 0.3) is 20.2 Å². The number of pyridine rings is 1. The summed E-state index contributed by atoms with van der Waals surface area (Å²) in [5.74, 6) is 0.623. The van der Waals surface area contributed by atoms with Crippen molar-refractivity contribution in [1.82, 2.24) is 4.98 Å². The lowest BCUT2D eigenvalue weighted by molar-refractivity contribution is 0.482. The van der Waals surface area contributed by atoms with Crippen LogP contribution in [0.5, 0.6) is 0 Å². The fourth-order valence-corrected chi connectivity index (χ4v) is 5.79. The predicted octanol–water partition coefficient (Wildman–Crippen LogP) is 4.84. The molecule has 0 fully saturated rings. The fourth-order valence-electron chi connectivity index (χ4n) is 3.86. The Morgan fingerprint density at radius 3 is 2.22 bits per heavy atom. The fraction of sp³-hybridized carbons (Fsp3) is 0.280. The summed E-state index contributed by atoms with van der Waals surface area (Å²) in [6.07, 6.45) is 1.72. The first-order valence-electron chi connectivity index (χ1n) is 12.2. The maximum Gasteiger partial charge on any atom is 0.296 e. The van der Waals surface area contributed by atoms with Crippen LogP contribution in [0.15, 0.2) is 62.3 Å². The Morgan fingerprint density at radius 2 is 1.63 bits per heavy atom. The smallest absolute Gasteiger partial charge is 0.296 e. The lowest BCUT2D eigenvalue weighted by Crippen LogP contribution is -2.13. The highest BCUT2D eigenvalue weighted by Gasteiger charge is 2.26. The number of unbranched alkanes of at least 4 members (excludes halogenated alkanes) is 1. The maximum atomic E-state index is 12.3. The minimum Gasteiger partial charge on any atom is -0.369 e. The number of azo groups is 1. The van der Waals surface area contributed by atoms with E-state index in [9.17, 15) is 35.4 Å². The summed E-state index contributed by atoms with van der Waals surface area (Å²) in [6, 6.07) is 8.31. The SMILES string of the molecule is C=CS(=O)CCNc1nc(NCCCC)c(C#N)c(C)c1N=Nc1c(S(=O)(=O)O)cc(S(=O)(=O)O)c2ccccc12. The van der Waals surface area contributed by atoms with Crippen molar-refractivity contribution in [2.24, 2.45) is 10.2 Å². The monoisotopic (exact) mass is 620 g/mol. The summed E-state index contributed by atoms with van der Waals surface area (Å²) in [5, 5.41) is 25.5. The van der Waals surface area contributed by atoms with Crippen molar-refractivity contribution >= 4 is 64.8 Å². The Kier molecular flexibility index (Phi) is 10.3. The molecule has 0 saturated carbocycles. The number of aromatic nitrogens is 1. The number of hydrogen-bond acceptors (Lipinski definition) is 11. The van der Waals surface area contributed by atoms with E-state index in [0.717, 1.165) is 12.8 Å².